The summed E-state index contributed by atoms with van der Waals surface area (Å²) in [5.74, 6) is -1.71. The third-order valence-corrected chi connectivity index (χ3v) is 0.565. The van der Waals surface area contributed by atoms with E-state index in [2.05, 4.69) is 5.32 Å². The second-order valence-electron chi connectivity index (χ2n) is 1.31. The van der Waals surface area contributed by atoms with Crippen LogP contribution in [0.3, 0.4) is 0 Å². The predicted molar refractivity (Wildman–Crippen MR) is 33.5 cm³/mol. The van der Waals surface area contributed by atoms with Gasteiger partial charge >= 0.3 is 17.1 Å². The van der Waals surface area contributed by atoms with E-state index in [9.17, 15) is 9.59 Å². The van der Waals surface area contributed by atoms with Gasteiger partial charge in [-0.1, -0.05) is 0 Å². The Morgan fingerprint density at radius 2 is 1.91 bits per heavy atom. The van der Waals surface area contributed by atoms with Gasteiger partial charge in [-0.3, -0.25) is 4.79 Å². The minimum Gasteiger partial charge on any atom is -0.643 e. The van der Waals surface area contributed by atoms with Crippen LogP contribution in [-0.2, 0) is 26.7 Å². The van der Waals surface area contributed by atoms with Crippen molar-refractivity contribution in [2.75, 3.05) is 13.1 Å². The summed E-state index contributed by atoms with van der Waals surface area (Å²) in [5.41, 5.74) is 4.82. The quantitative estimate of drug-likeness (QED) is 0.530. The molecule has 11 heavy (non-hydrogen) atoms. The Morgan fingerprint density at radius 1 is 1.45 bits per heavy atom. The molecular formula is C4H9CuN2O4. The number of aliphatic carboxylic acids is 1. The van der Waals surface area contributed by atoms with E-state index < -0.39 is 18.4 Å². The molecule has 0 saturated carbocycles. The van der Waals surface area contributed by atoms with Gasteiger partial charge in [0.05, 0.1) is 5.91 Å². The SMILES string of the molecule is NCC(=O)[N-]CC(=O)O.O.[Cu+]. The van der Waals surface area contributed by atoms with E-state index in [0.717, 1.165) is 0 Å². The van der Waals surface area contributed by atoms with Crippen LogP contribution < -0.4 is 5.73 Å². The first-order valence-electron chi connectivity index (χ1n) is 2.29. The van der Waals surface area contributed by atoms with Gasteiger partial charge in [0.2, 0.25) is 0 Å². The first-order valence-corrected chi connectivity index (χ1v) is 2.29. The predicted octanol–water partition coefficient (Wildman–Crippen LogP) is -1.90. The van der Waals surface area contributed by atoms with Gasteiger partial charge in [0.1, 0.15) is 0 Å². The number of carboxylic acid groups (broad SMARTS) is 1. The van der Waals surface area contributed by atoms with Crippen LogP contribution in [0.2, 0.25) is 0 Å². The Labute approximate surface area is 73.9 Å². The fraction of sp³-hybridized carbons (Fsp3) is 0.500. The van der Waals surface area contributed by atoms with Gasteiger partial charge in [-0.15, -0.1) is 0 Å². The number of carboxylic acids is 1. The Morgan fingerprint density at radius 3 is 2.18 bits per heavy atom. The van der Waals surface area contributed by atoms with Crippen molar-refractivity contribution in [2.45, 2.75) is 0 Å². The molecule has 5 N–H and O–H groups in total. The molecule has 0 rings (SSSR count). The number of rotatable bonds is 3. The van der Waals surface area contributed by atoms with Crippen molar-refractivity contribution in [1.82, 2.24) is 0 Å². The Balaban J connectivity index is -0.000000320. The largest absolute Gasteiger partial charge is 1.00 e. The van der Waals surface area contributed by atoms with Crippen molar-refractivity contribution in [2.24, 2.45) is 5.73 Å². The summed E-state index contributed by atoms with van der Waals surface area (Å²) in [5, 5.41) is 11.0. The molecule has 0 aromatic carbocycles. The van der Waals surface area contributed by atoms with Crippen LogP contribution >= 0.6 is 0 Å². The first kappa shape index (κ1) is 16.8. The summed E-state index contributed by atoms with van der Waals surface area (Å²) in [7, 11) is 0. The van der Waals surface area contributed by atoms with Crippen molar-refractivity contribution >= 4 is 11.9 Å². The molecule has 0 aliphatic carbocycles. The maximum absolute atomic E-state index is 10.2. The van der Waals surface area contributed by atoms with Gasteiger partial charge < -0.3 is 26.4 Å². The number of nitrogens with zero attached hydrogens (tertiary/aromatic N) is 1. The van der Waals surface area contributed by atoms with Crippen molar-refractivity contribution in [3.63, 3.8) is 0 Å². The second kappa shape index (κ2) is 9.38. The molecule has 7 heteroatoms. The molecule has 0 spiro atoms. The zero-order valence-corrected chi connectivity index (χ0v) is 6.45. The van der Waals surface area contributed by atoms with Crippen LogP contribution in [0, 0.1) is 0 Å². The molecule has 0 aliphatic heterocycles. The van der Waals surface area contributed by atoms with Crippen molar-refractivity contribution in [3.8, 4) is 0 Å². The van der Waals surface area contributed by atoms with Crippen LogP contribution in [0.15, 0.2) is 0 Å². The average Bonchev–Trinajstić information content (AvgIpc) is 1.83. The van der Waals surface area contributed by atoms with E-state index in [-0.39, 0.29) is 29.1 Å². The van der Waals surface area contributed by atoms with Crippen molar-refractivity contribution in [3.05, 3.63) is 5.32 Å². The third-order valence-electron chi connectivity index (χ3n) is 0.565. The van der Waals surface area contributed by atoms with Crippen LogP contribution in [-0.4, -0.2) is 35.5 Å². The molecule has 0 heterocycles. The van der Waals surface area contributed by atoms with Gasteiger partial charge in [-0.05, 0) is 6.54 Å². The summed E-state index contributed by atoms with van der Waals surface area (Å²) in [6.45, 7) is -0.719. The normalized spacial score (nSPS) is 7.00. The molecule has 0 saturated heterocycles. The Kier molecular flexibility index (Phi) is 14.3. The fourth-order valence-corrected chi connectivity index (χ4v) is 0.220. The minimum absolute atomic E-state index is 0. The average molecular weight is 213 g/mol. The molecule has 0 unspecified atom stereocenters. The summed E-state index contributed by atoms with van der Waals surface area (Å²) in [4.78, 5) is 19.9. The molecular weight excluding hydrogens is 204 g/mol. The maximum atomic E-state index is 10.2. The number of carbonyl (C=O) groups is 2. The standard InChI is InChI=1S/C4H8N2O3.Cu.H2O/c5-1-3(7)6-2-4(8)9;;/h1-2,5H2,(H2,6,7,8,9);;1H2/q;+1;/p-1. The van der Waals surface area contributed by atoms with Gasteiger partial charge in [0.25, 0.3) is 5.97 Å². The third kappa shape index (κ3) is 12.6. The number of amides is 1. The Bertz CT molecular complexity index is 129. The molecule has 0 bridgehead atoms. The summed E-state index contributed by atoms with van der Waals surface area (Å²) in [6.07, 6.45) is 0. The van der Waals surface area contributed by atoms with Crippen LogP contribution in [0.4, 0.5) is 0 Å². The molecule has 0 aromatic rings. The fourth-order valence-electron chi connectivity index (χ4n) is 0.220. The van der Waals surface area contributed by atoms with E-state index in [1.165, 1.54) is 0 Å². The summed E-state index contributed by atoms with van der Waals surface area (Å²) < 4.78 is 0. The molecule has 0 fully saturated rings. The van der Waals surface area contributed by atoms with Gasteiger partial charge in [0, 0.05) is 6.54 Å². The van der Waals surface area contributed by atoms with Crippen LogP contribution in [0.25, 0.3) is 5.32 Å². The first-order chi connectivity index (χ1) is 4.16. The molecule has 1 amide bonds. The molecule has 0 aliphatic rings. The number of nitrogens with two attached hydrogens (primary N) is 1. The zero-order chi connectivity index (χ0) is 7.28. The number of carbonyl (C=O) groups excluding carboxylic acids is 1. The zero-order valence-electron chi connectivity index (χ0n) is 5.50. The van der Waals surface area contributed by atoms with Crippen LogP contribution in [0.5, 0.6) is 0 Å². The van der Waals surface area contributed by atoms with Gasteiger partial charge in [-0.2, -0.15) is 0 Å². The molecule has 6 nitrogen and oxygen atoms in total. The molecule has 0 atom stereocenters. The van der Waals surface area contributed by atoms with E-state index in [0.29, 0.717) is 0 Å². The van der Waals surface area contributed by atoms with Crippen molar-refractivity contribution in [1.29, 1.82) is 0 Å². The van der Waals surface area contributed by atoms with Crippen molar-refractivity contribution < 1.29 is 37.2 Å². The summed E-state index contributed by atoms with van der Waals surface area (Å²) in [6, 6.07) is 0. The molecule has 0 aromatic heterocycles. The monoisotopic (exact) mass is 212 g/mol. The van der Waals surface area contributed by atoms with Gasteiger partial charge in [-0.25, -0.2) is 0 Å². The Hall–Kier alpha value is -0.621. The van der Waals surface area contributed by atoms with E-state index in [1.807, 2.05) is 0 Å². The van der Waals surface area contributed by atoms with Gasteiger partial charge in [0.15, 0.2) is 0 Å². The maximum Gasteiger partial charge on any atom is 1.00 e. The topological polar surface area (TPSA) is 126 Å². The van der Waals surface area contributed by atoms with E-state index in [4.69, 9.17) is 10.8 Å². The molecule has 70 valence electrons. The number of hydrogen-bond donors (Lipinski definition) is 2. The minimum atomic E-state index is -1.13. The smallest absolute Gasteiger partial charge is 0.643 e. The van der Waals surface area contributed by atoms with Crippen LogP contribution in [0.1, 0.15) is 0 Å². The van der Waals surface area contributed by atoms with E-state index in [1.54, 1.807) is 0 Å². The summed E-state index contributed by atoms with van der Waals surface area (Å²) >= 11 is 0. The molecule has 0 radical (unpaired) electrons. The van der Waals surface area contributed by atoms with E-state index >= 15 is 0 Å². The number of hydrogen-bond acceptors (Lipinski definition) is 3. The second-order valence-corrected chi connectivity index (χ2v) is 1.31.